The molecule has 0 bridgehead atoms. The van der Waals surface area contributed by atoms with Crippen LogP contribution in [0.15, 0.2) is 27.8 Å². The fourth-order valence-electron chi connectivity index (χ4n) is 2.49. The van der Waals surface area contributed by atoms with E-state index in [9.17, 15) is 23.6 Å². The van der Waals surface area contributed by atoms with Crippen molar-refractivity contribution in [3.05, 3.63) is 61.5 Å². The van der Waals surface area contributed by atoms with Crippen molar-refractivity contribution in [2.75, 3.05) is 12.3 Å². The fourth-order valence-corrected chi connectivity index (χ4v) is 2.49. The second-order valence-electron chi connectivity index (χ2n) is 6.02. The first-order valence-corrected chi connectivity index (χ1v) is 8.24. The summed E-state index contributed by atoms with van der Waals surface area (Å²) in [5.41, 5.74) is 4.20. The lowest BCUT2D eigenvalue weighted by Crippen LogP contribution is -2.43. The van der Waals surface area contributed by atoms with Gasteiger partial charge in [-0.15, -0.1) is 0 Å². The highest BCUT2D eigenvalue weighted by Crippen LogP contribution is 2.11. The van der Waals surface area contributed by atoms with E-state index in [4.69, 9.17) is 10.5 Å². The summed E-state index contributed by atoms with van der Waals surface area (Å²) < 4.78 is 20.3. The van der Waals surface area contributed by atoms with E-state index in [1.807, 2.05) is 0 Å². The second-order valence-corrected chi connectivity index (χ2v) is 6.02. The zero-order valence-corrected chi connectivity index (χ0v) is 15.2. The molecule has 1 aromatic carbocycles. The first-order valence-electron chi connectivity index (χ1n) is 8.24. The van der Waals surface area contributed by atoms with Crippen molar-refractivity contribution < 1.29 is 18.7 Å². The third-order valence-electron chi connectivity index (χ3n) is 4.05. The molecule has 0 fully saturated rings. The monoisotopic (exact) mass is 377 g/mol. The number of carbonyl (C=O) groups excluding carboxylic acids is 2. The van der Waals surface area contributed by atoms with Crippen LogP contribution < -0.4 is 17.0 Å². The third-order valence-corrected chi connectivity index (χ3v) is 4.05. The lowest BCUT2D eigenvalue weighted by atomic mass is 10.1. The summed E-state index contributed by atoms with van der Waals surface area (Å²) in [6.07, 6.45) is 0.559. The summed E-state index contributed by atoms with van der Waals surface area (Å²) in [5, 5.41) is 0. The van der Waals surface area contributed by atoms with Crippen molar-refractivity contribution >= 4 is 17.6 Å². The molecule has 8 nitrogen and oxygen atoms in total. The summed E-state index contributed by atoms with van der Waals surface area (Å²) >= 11 is 0. The molecule has 144 valence electrons. The van der Waals surface area contributed by atoms with E-state index >= 15 is 0 Å². The maximum absolute atomic E-state index is 13.5. The highest BCUT2D eigenvalue weighted by molar-refractivity contribution is 6.02. The number of aryl methyl sites for hydroxylation is 1. The highest BCUT2D eigenvalue weighted by Gasteiger charge is 2.22. The molecule has 0 atom stereocenters. The molecule has 2 N–H and O–H groups in total. The molecule has 27 heavy (non-hydrogen) atoms. The largest absolute Gasteiger partial charge is 0.454 e. The molecule has 0 unspecified atom stereocenters. The van der Waals surface area contributed by atoms with E-state index in [-0.39, 0.29) is 17.9 Å². The molecule has 2 rings (SSSR count). The minimum absolute atomic E-state index is 0.0669. The molecular formula is C18H20FN3O5. The van der Waals surface area contributed by atoms with Gasteiger partial charge < -0.3 is 10.5 Å². The van der Waals surface area contributed by atoms with Crippen LogP contribution in [-0.4, -0.2) is 27.5 Å². The number of carbonyl (C=O) groups is 2. The van der Waals surface area contributed by atoms with Gasteiger partial charge in [0.05, 0.1) is 5.56 Å². The summed E-state index contributed by atoms with van der Waals surface area (Å²) in [5.74, 6) is -2.62. The number of nitrogens with zero attached hydrogens (tertiary/aromatic N) is 2. The number of nitrogens with two attached hydrogens (primary N) is 1. The Morgan fingerprint density at radius 3 is 2.52 bits per heavy atom. The topological polar surface area (TPSA) is 113 Å². The Morgan fingerprint density at radius 2 is 1.93 bits per heavy atom. The number of ketones is 1. The van der Waals surface area contributed by atoms with Gasteiger partial charge in [-0.2, -0.15) is 0 Å². The van der Waals surface area contributed by atoms with Gasteiger partial charge >= 0.3 is 11.7 Å². The summed E-state index contributed by atoms with van der Waals surface area (Å²) in [4.78, 5) is 48.8. The number of benzene rings is 1. The number of Topliss-reactive ketones (excluding diaryl/α,β-unsaturated/α-hetero) is 1. The van der Waals surface area contributed by atoms with Gasteiger partial charge in [-0.1, -0.05) is 13.0 Å². The number of esters is 1. The Labute approximate surface area is 154 Å². The van der Waals surface area contributed by atoms with Gasteiger partial charge in [0, 0.05) is 13.6 Å². The normalized spacial score (nSPS) is 10.7. The number of anilines is 1. The van der Waals surface area contributed by atoms with E-state index in [1.54, 1.807) is 6.92 Å². The number of hydrogen-bond acceptors (Lipinski definition) is 6. The number of nitrogen functional groups attached to an aromatic ring is 1. The SMILES string of the molecule is CCCn1c(N)c(C(=O)COC(=O)c2ccc(C)c(F)c2)c(=O)n(C)c1=O. The zero-order valence-electron chi connectivity index (χ0n) is 15.2. The van der Waals surface area contributed by atoms with Gasteiger partial charge in [-0.05, 0) is 31.0 Å². The maximum atomic E-state index is 13.5. The summed E-state index contributed by atoms with van der Waals surface area (Å²) in [6, 6.07) is 3.76. The van der Waals surface area contributed by atoms with Gasteiger partial charge in [0.2, 0.25) is 5.78 Å². The molecule has 0 saturated carbocycles. The quantitative estimate of drug-likeness (QED) is 0.594. The predicted molar refractivity (Wildman–Crippen MR) is 96.4 cm³/mol. The van der Waals surface area contributed by atoms with Crippen LogP contribution in [-0.2, 0) is 18.3 Å². The van der Waals surface area contributed by atoms with E-state index in [0.717, 1.165) is 15.2 Å². The third kappa shape index (κ3) is 3.97. The molecule has 0 aliphatic carbocycles. The van der Waals surface area contributed by atoms with Crippen LogP contribution >= 0.6 is 0 Å². The van der Waals surface area contributed by atoms with Gasteiger partial charge in [0.15, 0.2) is 6.61 Å². The van der Waals surface area contributed by atoms with Crippen LogP contribution in [0.3, 0.4) is 0 Å². The summed E-state index contributed by atoms with van der Waals surface area (Å²) in [7, 11) is 1.23. The molecule has 0 saturated heterocycles. The average molecular weight is 377 g/mol. The van der Waals surface area contributed by atoms with Crippen molar-refractivity contribution in [2.45, 2.75) is 26.8 Å². The smallest absolute Gasteiger partial charge is 0.338 e. The number of rotatable bonds is 6. The van der Waals surface area contributed by atoms with Crippen molar-refractivity contribution in [2.24, 2.45) is 7.05 Å². The van der Waals surface area contributed by atoms with E-state index < -0.39 is 41.0 Å². The van der Waals surface area contributed by atoms with Crippen LogP contribution in [0.25, 0.3) is 0 Å². The van der Waals surface area contributed by atoms with Crippen molar-refractivity contribution in [3.8, 4) is 0 Å². The van der Waals surface area contributed by atoms with Crippen molar-refractivity contribution in [1.82, 2.24) is 9.13 Å². The van der Waals surface area contributed by atoms with Gasteiger partial charge in [-0.3, -0.25) is 18.7 Å². The summed E-state index contributed by atoms with van der Waals surface area (Å²) in [6.45, 7) is 2.80. The lowest BCUT2D eigenvalue weighted by Gasteiger charge is -2.13. The first kappa shape index (κ1) is 20.1. The molecule has 0 aliphatic heterocycles. The maximum Gasteiger partial charge on any atom is 0.338 e. The van der Waals surface area contributed by atoms with Crippen LogP contribution in [0.5, 0.6) is 0 Å². The predicted octanol–water partition coefficient (Wildman–Crippen LogP) is 1.03. The Morgan fingerprint density at radius 1 is 1.26 bits per heavy atom. The van der Waals surface area contributed by atoms with Crippen molar-refractivity contribution in [1.29, 1.82) is 0 Å². The standard InChI is InChI=1S/C18H20FN3O5/c1-4-7-22-15(20)14(16(24)21(3)18(22)26)13(23)9-27-17(25)11-6-5-10(2)12(19)8-11/h5-6,8H,4,7,9,20H2,1-3H3. The minimum atomic E-state index is -0.917. The zero-order chi connectivity index (χ0) is 20.3. The van der Waals surface area contributed by atoms with E-state index in [0.29, 0.717) is 12.0 Å². The molecule has 9 heteroatoms. The van der Waals surface area contributed by atoms with Gasteiger partial charge in [-0.25, -0.2) is 14.0 Å². The van der Waals surface area contributed by atoms with Crippen molar-refractivity contribution in [3.63, 3.8) is 0 Å². The Bertz CT molecular complexity index is 1020. The van der Waals surface area contributed by atoms with E-state index in [2.05, 4.69) is 0 Å². The average Bonchev–Trinajstić information content (AvgIpc) is 2.64. The first-order chi connectivity index (χ1) is 12.7. The Balaban J connectivity index is 2.28. The second kappa shape index (κ2) is 7.98. The Kier molecular flexibility index (Phi) is 5.94. The van der Waals surface area contributed by atoms with Crippen LogP contribution in [0, 0.1) is 12.7 Å². The number of ether oxygens (including phenoxy) is 1. The van der Waals surface area contributed by atoms with Gasteiger partial charge in [0.25, 0.3) is 5.56 Å². The fraction of sp³-hybridized carbons (Fsp3) is 0.333. The van der Waals surface area contributed by atoms with Crippen LogP contribution in [0.2, 0.25) is 0 Å². The lowest BCUT2D eigenvalue weighted by molar-refractivity contribution is 0.0473. The van der Waals surface area contributed by atoms with Crippen LogP contribution in [0.4, 0.5) is 10.2 Å². The number of hydrogen-bond donors (Lipinski definition) is 1. The molecule has 2 aromatic rings. The molecule has 0 aliphatic rings. The molecule has 0 amide bonds. The molecular weight excluding hydrogens is 357 g/mol. The number of aromatic nitrogens is 2. The molecule has 1 heterocycles. The van der Waals surface area contributed by atoms with Gasteiger partial charge in [0.1, 0.15) is 17.2 Å². The molecule has 0 spiro atoms. The highest BCUT2D eigenvalue weighted by atomic mass is 19.1. The molecule has 0 radical (unpaired) electrons. The number of halogens is 1. The minimum Gasteiger partial charge on any atom is -0.454 e. The van der Waals surface area contributed by atoms with Crippen LogP contribution in [0.1, 0.15) is 39.6 Å². The Hall–Kier alpha value is -3.23. The van der Waals surface area contributed by atoms with E-state index in [1.165, 1.54) is 26.1 Å². The molecule has 1 aromatic heterocycles.